The molecule has 214 valence electrons. The lowest BCUT2D eigenvalue weighted by molar-refractivity contribution is -0.117. The van der Waals surface area contributed by atoms with E-state index in [0.717, 1.165) is 84.8 Å². The van der Waals surface area contributed by atoms with Crippen LogP contribution in [0.1, 0.15) is 50.0 Å². The molecule has 11 nitrogen and oxygen atoms in total. The topological polar surface area (TPSA) is 115 Å². The maximum Gasteiger partial charge on any atom is 0.239 e. The first kappa shape index (κ1) is 26.1. The quantitative estimate of drug-likeness (QED) is 0.369. The Balaban J connectivity index is 1.40. The largest absolute Gasteiger partial charge is 0.377 e. The molecule has 1 aliphatic carbocycles. The fourth-order valence-electron chi connectivity index (χ4n) is 6.18. The van der Waals surface area contributed by atoms with E-state index in [0.29, 0.717) is 31.2 Å². The number of carbonyl (C=O) groups excluding carboxylic acids is 1. The van der Waals surface area contributed by atoms with E-state index in [1.54, 1.807) is 0 Å². The second kappa shape index (κ2) is 10.5. The van der Waals surface area contributed by atoms with E-state index in [2.05, 4.69) is 47.1 Å². The van der Waals surface area contributed by atoms with Gasteiger partial charge in [-0.1, -0.05) is 12.1 Å². The van der Waals surface area contributed by atoms with Crippen molar-refractivity contribution in [1.29, 1.82) is 0 Å². The minimum Gasteiger partial charge on any atom is -0.377 e. The van der Waals surface area contributed by atoms with Crippen LogP contribution in [-0.4, -0.2) is 74.1 Å². The van der Waals surface area contributed by atoms with Gasteiger partial charge in [0.1, 0.15) is 5.82 Å². The molecule has 5 heterocycles. The van der Waals surface area contributed by atoms with Crippen molar-refractivity contribution >= 4 is 28.7 Å². The summed E-state index contributed by atoms with van der Waals surface area (Å²) in [5, 5.41) is 11.5. The molecule has 3 fully saturated rings. The summed E-state index contributed by atoms with van der Waals surface area (Å²) in [6, 6.07) is 10.5. The summed E-state index contributed by atoms with van der Waals surface area (Å²) in [6.45, 7) is 10.4. The zero-order valence-corrected chi connectivity index (χ0v) is 23.9. The maximum atomic E-state index is 12.9. The normalized spacial score (nSPS) is 20.1. The minimum atomic E-state index is -0.00493. The summed E-state index contributed by atoms with van der Waals surface area (Å²) in [4.78, 5) is 30.2. The van der Waals surface area contributed by atoms with Gasteiger partial charge in [-0.05, 0) is 71.7 Å². The molecule has 2 aliphatic heterocycles. The third-order valence-corrected chi connectivity index (χ3v) is 8.54. The number of aryl methyl sites for hydroxylation is 1. The SMILES string of the molecule is Cc1nn(C2CCNCC2)c(C)c1-c1cc(N2CCOC[C@H]2C)nc(-n2c(NC(=O)C3CC3)nc3ccccc32)n1. The van der Waals surface area contributed by atoms with E-state index < -0.39 is 0 Å². The second-order valence-electron chi connectivity index (χ2n) is 11.5. The first-order valence-electron chi connectivity index (χ1n) is 14.8. The first-order chi connectivity index (χ1) is 20.0. The summed E-state index contributed by atoms with van der Waals surface area (Å²) in [6.07, 6.45) is 3.93. The van der Waals surface area contributed by atoms with Crippen LogP contribution in [0.2, 0.25) is 0 Å². The van der Waals surface area contributed by atoms with E-state index >= 15 is 0 Å². The number of anilines is 2. The number of fused-ring (bicyclic) bond motifs is 1. The van der Waals surface area contributed by atoms with Crippen molar-refractivity contribution in [2.45, 2.75) is 58.5 Å². The smallest absolute Gasteiger partial charge is 0.239 e. The highest BCUT2D eigenvalue weighted by Crippen LogP contribution is 2.35. The number of nitrogens with zero attached hydrogens (tertiary/aromatic N) is 7. The average molecular weight is 556 g/mol. The number of carbonyl (C=O) groups is 1. The molecule has 2 N–H and O–H groups in total. The summed E-state index contributed by atoms with van der Waals surface area (Å²) >= 11 is 0. The molecule has 1 saturated carbocycles. The summed E-state index contributed by atoms with van der Waals surface area (Å²) in [5.74, 6) is 1.79. The molecule has 7 rings (SSSR count). The van der Waals surface area contributed by atoms with Crippen molar-refractivity contribution in [2.24, 2.45) is 5.92 Å². The lowest BCUT2D eigenvalue weighted by atomic mass is 10.1. The number of hydrogen-bond donors (Lipinski definition) is 2. The molecular weight excluding hydrogens is 518 g/mol. The van der Waals surface area contributed by atoms with Gasteiger partial charge in [0.2, 0.25) is 17.8 Å². The Hall–Kier alpha value is -3.83. The highest BCUT2D eigenvalue weighted by Gasteiger charge is 2.32. The predicted molar refractivity (Wildman–Crippen MR) is 157 cm³/mol. The number of aromatic nitrogens is 6. The van der Waals surface area contributed by atoms with Gasteiger partial charge in [0.15, 0.2) is 0 Å². The number of rotatable bonds is 6. The van der Waals surface area contributed by atoms with Crippen molar-refractivity contribution < 1.29 is 9.53 Å². The monoisotopic (exact) mass is 555 g/mol. The van der Waals surface area contributed by atoms with Crippen molar-refractivity contribution in [3.63, 3.8) is 0 Å². The number of amides is 1. The average Bonchev–Trinajstić information content (AvgIpc) is 3.71. The fourth-order valence-corrected chi connectivity index (χ4v) is 6.18. The van der Waals surface area contributed by atoms with Crippen LogP contribution in [0.15, 0.2) is 30.3 Å². The van der Waals surface area contributed by atoms with Crippen molar-refractivity contribution in [3.8, 4) is 17.2 Å². The van der Waals surface area contributed by atoms with Crippen LogP contribution in [0.5, 0.6) is 0 Å². The molecule has 11 heteroatoms. The summed E-state index contributed by atoms with van der Waals surface area (Å²) < 4.78 is 9.82. The Morgan fingerprint density at radius 3 is 2.66 bits per heavy atom. The summed E-state index contributed by atoms with van der Waals surface area (Å²) in [5.41, 5.74) is 5.52. The van der Waals surface area contributed by atoms with Crippen LogP contribution in [0, 0.1) is 19.8 Å². The second-order valence-corrected chi connectivity index (χ2v) is 11.5. The Morgan fingerprint density at radius 2 is 1.88 bits per heavy atom. The highest BCUT2D eigenvalue weighted by atomic mass is 16.5. The molecular formula is C30H37N9O2. The minimum absolute atomic E-state index is 0.00493. The predicted octanol–water partition coefficient (Wildman–Crippen LogP) is 3.79. The lowest BCUT2D eigenvalue weighted by Crippen LogP contribution is -2.44. The van der Waals surface area contributed by atoms with E-state index in [4.69, 9.17) is 24.8 Å². The Morgan fingerprint density at radius 1 is 1.07 bits per heavy atom. The number of morpholine rings is 1. The molecule has 41 heavy (non-hydrogen) atoms. The van der Waals surface area contributed by atoms with Crippen LogP contribution >= 0.6 is 0 Å². The van der Waals surface area contributed by atoms with Gasteiger partial charge < -0.3 is 15.0 Å². The number of benzene rings is 1. The Kier molecular flexibility index (Phi) is 6.70. The number of piperidine rings is 1. The van der Waals surface area contributed by atoms with Crippen LogP contribution < -0.4 is 15.5 Å². The lowest BCUT2D eigenvalue weighted by Gasteiger charge is -2.34. The molecule has 0 spiro atoms. The van der Waals surface area contributed by atoms with Gasteiger partial charge in [0.05, 0.1) is 47.7 Å². The maximum absolute atomic E-state index is 12.9. The molecule has 0 unspecified atom stereocenters. The van der Waals surface area contributed by atoms with E-state index in [9.17, 15) is 4.79 Å². The van der Waals surface area contributed by atoms with Gasteiger partial charge in [-0.25, -0.2) is 14.5 Å². The molecule has 1 atom stereocenters. The van der Waals surface area contributed by atoms with Gasteiger partial charge in [0.25, 0.3) is 0 Å². The van der Waals surface area contributed by atoms with Crippen molar-refractivity contribution in [1.82, 2.24) is 34.6 Å². The molecule has 3 aliphatic rings. The van der Waals surface area contributed by atoms with Gasteiger partial charge >= 0.3 is 0 Å². The number of nitrogens with one attached hydrogen (secondary N) is 2. The van der Waals surface area contributed by atoms with Crippen LogP contribution in [0.4, 0.5) is 11.8 Å². The van der Waals surface area contributed by atoms with Gasteiger partial charge in [-0.15, -0.1) is 0 Å². The van der Waals surface area contributed by atoms with Gasteiger partial charge in [0, 0.05) is 29.8 Å². The summed E-state index contributed by atoms with van der Waals surface area (Å²) in [7, 11) is 0. The van der Waals surface area contributed by atoms with E-state index in [-0.39, 0.29) is 17.9 Å². The first-order valence-corrected chi connectivity index (χ1v) is 14.8. The number of imidazole rings is 1. The molecule has 4 aromatic rings. The van der Waals surface area contributed by atoms with Gasteiger partial charge in [-0.3, -0.25) is 14.8 Å². The van der Waals surface area contributed by atoms with Crippen LogP contribution in [0.3, 0.4) is 0 Å². The zero-order valence-electron chi connectivity index (χ0n) is 23.9. The highest BCUT2D eigenvalue weighted by molar-refractivity contribution is 5.95. The van der Waals surface area contributed by atoms with Gasteiger partial charge in [-0.2, -0.15) is 10.1 Å². The molecule has 1 aromatic carbocycles. The van der Waals surface area contributed by atoms with Crippen LogP contribution in [-0.2, 0) is 9.53 Å². The molecule has 1 amide bonds. The van der Waals surface area contributed by atoms with Crippen molar-refractivity contribution in [2.75, 3.05) is 43.1 Å². The van der Waals surface area contributed by atoms with E-state index in [1.165, 1.54) is 0 Å². The number of hydrogen-bond acceptors (Lipinski definition) is 8. The standard InChI is InChI=1S/C30H37N9O2/c1-18-17-41-15-14-37(18)26-16-24(27-19(2)36-39(20(27)3)22-10-12-31-13-11-22)33-29(34-26)38-25-7-5-4-6-23(25)32-30(38)35-28(40)21-8-9-21/h4-7,16,18,21-22,31H,8-15,17H2,1-3H3,(H,32,35,40)/t18-/m1/s1. The molecule has 3 aromatic heterocycles. The number of para-hydroxylation sites is 2. The third kappa shape index (κ3) is 4.87. The number of ether oxygens (including phenoxy) is 1. The third-order valence-electron chi connectivity index (χ3n) is 8.54. The molecule has 0 radical (unpaired) electrons. The molecule has 0 bridgehead atoms. The zero-order chi connectivity index (χ0) is 28.1. The van der Waals surface area contributed by atoms with Crippen LogP contribution in [0.25, 0.3) is 28.2 Å². The van der Waals surface area contributed by atoms with Crippen molar-refractivity contribution in [3.05, 3.63) is 41.7 Å². The van der Waals surface area contributed by atoms with E-state index in [1.807, 2.05) is 28.8 Å². The fraction of sp³-hybridized carbons (Fsp3) is 0.500. The molecule has 2 saturated heterocycles. The Bertz CT molecular complexity index is 1600. The Labute approximate surface area is 239 Å².